The summed E-state index contributed by atoms with van der Waals surface area (Å²) in [5.74, 6) is 0.152. The lowest BCUT2D eigenvalue weighted by atomic mass is 10.1. The Balaban J connectivity index is 2.34. The van der Waals surface area contributed by atoms with E-state index in [1.165, 1.54) is 0 Å². The van der Waals surface area contributed by atoms with E-state index in [-0.39, 0.29) is 24.0 Å². The Kier molecular flexibility index (Phi) is 4.74. The number of aliphatic hydroxyl groups is 1. The summed E-state index contributed by atoms with van der Waals surface area (Å²) in [5, 5.41) is 12.4. The second-order valence-electron chi connectivity index (χ2n) is 4.77. The van der Waals surface area contributed by atoms with Gasteiger partial charge in [-0.15, -0.1) is 0 Å². The Morgan fingerprint density at radius 3 is 2.38 bits per heavy atom. The van der Waals surface area contributed by atoms with E-state index in [2.05, 4.69) is 5.32 Å². The van der Waals surface area contributed by atoms with Crippen molar-refractivity contribution in [3.63, 3.8) is 0 Å². The lowest BCUT2D eigenvalue weighted by molar-refractivity contribution is -0.132. The summed E-state index contributed by atoms with van der Waals surface area (Å²) < 4.78 is 0. The highest BCUT2D eigenvalue weighted by molar-refractivity contribution is 5.81. The second kappa shape index (κ2) is 5.64. The van der Waals surface area contributed by atoms with Gasteiger partial charge in [0.25, 0.3) is 0 Å². The summed E-state index contributed by atoms with van der Waals surface area (Å²) in [7, 11) is 0. The first-order chi connectivity index (χ1) is 7.58. The molecule has 0 aromatic heterocycles. The predicted octanol–water partition coefficient (Wildman–Crippen LogP) is 0.605. The van der Waals surface area contributed by atoms with Crippen LogP contribution in [0, 0.1) is 5.41 Å². The molecule has 4 heteroatoms. The van der Waals surface area contributed by atoms with Gasteiger partial charge >= 0.3 is 0 Å². The summed E-state index contributed by atoms with van der Waals surface area (Å²) >= 11 is 0. The van der Waals surface area contributed by atoms with Crippen molar-refractivity contribution < 1.29 is 9.90 Å². The van der Waals surface area contributed by atoms with Gasteiger partial charge in [0.1, 0.15) is 0 Å². The second-order valence-corrected chi connectivity index (χ2v) is 4.77. The highest BCUT2D eigenvalue weighted by Crippen LogP contribution is 2.44. The maximum atomic E-state index is 11.9. The van der Waals surface area contributed by atoms with E-state index in [1.807, 2.05) is 25.7 Å². The van der Waals surface area contributed by atoms with Gasteiger partial charge in [0.2, 0.25) is 5.91 Å². The van der Waals surface area contributed by atoms with E-state index in [9.17, 15) is 9.90 Å². The lowest BCUT2D eigenvalue weighted by Crippen LogP contribution is -2.46. The molecule has 0 saturated heterocycles. The van der Waals surface area contributed by atoms with Crippen molar-refractivity contribution in [3.8, 4) is 0 Å². The fraction of sp³-hybridized carbons (Fsp3) is 0.917. The number of nitrogens with one attached hydrogen (secondary N) is 1. The zero-order valence-corrected chi connectivity index (χ0v) is 10.6. The molecule has 0 spiro atoms. The van der Waals surface area contributed by atoms with Crippen LogP contribution in [0.15, 0.2) is 0 Å². The number of rotatable bonds is 7. The topological polar surface area (TPSA) is 52.6 Å². The molecule has 1 aliphatic rings. The van der Waals surface area contributed by atoms with Gasteiger partial charge in [0.15, 0.2) is 0 Å². The predicted molar refractivity (Wildman–Crippen MR) is 64.1 cm³/mol. The van der Waals surface area contributed by atoms with E-state index in [4.69, 9.17) is 0 Å². The maximum Gasteiger partial charge on any atom is 0.239 e. The minimum Gasteiger partial charge on any atom is -0.396 e. The van der Waals surface area contributed by atoms with E-state index in [0.717, 1.165) is 32.5 Å². The Morgan fingerprint density at radius 1 is 1.44 bits per heavy atom. The molecular weight excluding hydrogens is 204 g/mol. The summed E-state index contributed by atoms with van der Waals surface area (Å²) in [5.41, 5.74) is 0.0673. The monoisotopic (exact) mass is 228 g/mol. The molecule has 4 nitrogen and oxygen atoms in total. The van der Waals surface area contributed by atoms with Crippen LogP contribution in [0.1, 0.15) is 33.6 Å². The molecule has 1 atom stereocenters. The van der Waals surface area contributed by atoms with E-state index in [1.54, 1.807) is 0 Å². The molecule has 0 bridgehead atoms. The minimum atomic E-state index is -0.149. The van der Waals surface area contributed by atoms with Crippen molar-refractivity contribution in [2.45, 2.75) is 39.7 Å². The van der Waals surface area contributed by atoms with Crippen LogP contribution >= 0.6 is 0 Å². The quantitative estimate of drug-likeness (QED) is 0.671. The SMILES string of the molecule is CCN(CC)C(=O)C(C)NCC1(CO)CC1. The first-order valence-corrected chi connectivity index (χ1v) is 6.21. The highest BCUT2D eigenvalue weighted by atomic mass is 16.3. The Labute approximate surface area is 98.0 Å². The molecule has 1 unspecified atom stereocenters. The standard InChI is InChI=1S/C12H24N2O2/c1-4-14(5-2)11(16)10(3)13-8-12(9-15)6-7-12/h10,13,15H,4-9H2,1-3H3. The number of carbonyl (C=O) groups is 1. The molecule has 1 aliphatic carbocycles. The Morgan fingerprint density at radius 2 is 2.00 bits per heavy atom. The van der Waals surface area contributed by atoms with Gasteiger partial charge in [0.05, 0.1) is 6.04 Å². The zero-order valence-electron chi connectivity index (χ0n) is 10.6. The number of nitrogens with zero attached hydrogens (tertiary/aromatic N) is 1. The normalized spacial score (nSPS) is 19.2. The molecule has 1 saturated carbocycles. The van der Waals surface area contributed by atoms with Crippen LogP contribution in [0.4, 0.5) is 0 Å². The summed E-state index contributed by atoms with van der Waals surface area (Å²) in [6.07, 6.45) is 2.14. The molecule has 0 aromatic rings. The van der Waals surface area contributed by atoms with Crippen molar-refractivity contribution in [1.82, 2.24) is 10.2 Å². The summed E-state index contributed by atoms with van der Waals surface area (Å²) in [6.45, 7) is 8.37. The van der Waals surface area contributed by atoms with Gasteiger partial charge in [-0.05, 0) is 33.6 Å². The minimum absolute atomic E-state index is 0.0673. The van der Waals surface area contributed by atoms with E-state index >= 15 is 0 Å². The number of likely N-dealkylation sites (N-methyl/N-ethyl adjacent to an activating group) is 1. The molecule has 1 fully saturated rings. The van der Waals surface area contributed by atoms with Crippen LogP contribution in [0.3, 0.4) is 0 Å². The first-order valence-electron chi connectivity index (χ1n) is 6.21. The van der Waals surface area contributed by atoms with Crippen molar-refractivity contribution in [2.75, 3.05) is 26.2 Å². The fourth-order valence-corrected chi connectivity index (χ4v) is 1.83. The number of amides is 1. The van der Waals surface area contributed by atoms with Crippen LogP contribution in [-0.2, 0) is 4.79 Å². The Bertz CT molecular complexity index is 235. The smallest absolute Gasteiger partial charge is 0.239 e. The van der Waals surface area contributed by atoms with Crippen LogP contribution in [0.25, 0.3) is 0 Å². The van der Waals surface area contributed by atoms with Crippen LogP contribution < -0.4 is 5.32 Å². The summed E-state index contributed by atoms with van der Waals surface area (Å²) in [6, 6.07) is -0.149. The third-order valence-corrected chi connectivity index (χ3v) is 3.52. The van der Waals surface area contributed by atoms with Gasteiger partial charge in [0, 0.05) is 31.7 Å². The Hall–Kier alpha value is -0.610. The first kappa shape index (κ1) is 13.5. The van der Waals surface area contributed by atoms with E-state index < -0.39 is 0 Å². The van der Waals surface area contributed by atoms with Crippen LogP contribution in [0.2, 0.25) is 0 Å². The molecule has 1 rings (SSSR count). The van der Waals surface area contributed by atoms with Crippen LogP contribution in [0.5, 0.6) is 0 Å². The van der Waals surface area contributed by atoms with Gasteiger partial charge in [-0.1, -0.05) is 0 Å². The molecule has 0 heterocycles. The molecule has 0 aliphatic heterocycles. The van der Waals surface area contributed by atoms with Crippen LogP contribution in [-0.4, -0.2) is 48.2 Å². The molecular formula is C12H24N2O2. The van der Waals surface area contributed by atoms with Crippen molar-refractivity contribution in [2.24, 2.45) is 5.41 Å². The zero-order chi connectivity index (χ0) is 12.2. The van der Waals surface area contributed by atoms with Crippen molar-refractivity contribution in [1.29, 1.82) is 0 Å². The molecule has 0 radical (unpaired) electrons. The molecule has 16 heavy (non-hydrogen) atoms. The molecule has 94 valence electrons. The van der Waals surface area contributed by atoms with Gasteiger partial charge in [-0.25, -0.2) is 0 Å². The number of hydrogen-bond acceptors (Lipinski definition) is 3. The largest absolute Gasteiger partial charge is 0.396 e. The van der Waals surface area contributed by atoms with Gasteiger partial charge in [-0.3, -0.25) is 4.79 Å². The third kappa shape index (κ3) is 3.19. The average Bonchev–Trinajstić information content (AvgIpc) is 3.08. The third-order valence-electron chi connectivity index (χ3n) is 3.52. The molecule has 2 N–H and O–H groups in total. The number of carbonyl (C=O) groups excluding carboxylic acids is 1. The van der Waals surface area contributed by atoms with Gasteiger partial charge < -0.3 is 15.3 Å². The maximum absolute atomic E-state index is 11.9. The average molecular weight is 228 g/mol. The van der Waals surface area contributed by atoms with Gasteiger partial charge in [-0.2, -0.15) is 0 Å². The number of aliphatic hydroxyl groups excluding tert-OH is 1. The molecule has 1 amide bonds. The van der Waals surface area contributed by atoms with Crippen molar-refractivity contribution >= 4 is 5.91 Å². The molecule has 0 aromatic carbocycles. The summed E-state index contributed by atoms with van der Waals surface area (Å²) in [4.78, 5) is 13.8. The number of hydrogen-bond donors (Lipinski definition) is 2. The fourth-order valence-electron chi connectivity index (χ4n) is 1.83. The van der Waals surface area contributed by atoms with Crippen molar-refractivity contribution in [3.05, 3.63) is 0 Å². The lowest BCUT2D eigenvalue weighted by Gasteiger charge is -2.24. The highest BCUT2D eigenvalue weighted by Gasteiger charge is 2.42. The van der Waals surface area contributed by atoms with E-state index in [0.29, 0.717) is 0 Å².